The van der Waals surface area contributed by atoms with Gasteiger partial charge in [0.15, 0.2) is 11.5 Å². The second kappa shape index (κ2) is 10.2. The van der Waals surface area contributed by atoms with E-state index in [-0.39, 0.29) is 12.4 Å². The van der Waals surface area contributed by atoms with E-state index in [1.54, 1.807) is 12.1 Å². The van der Waals surface area contributed by atoms with E-state index >= 15 is 0 Å². The van der Waals surface area contributed by atoms with Crippen molar-refractivity contribution in [1.29, 1.82) is 0 Å². The molecule has 0 unspecified atom stereocenters. The van der Waals surface area contributed by atoms with Gasteiger partial charge < -0.3 is 14.8 Å². The number of hydrogen-bond acceptors (Lipinski definition) is 3. The van der Waals surface area contributed by atoms with Crippen LogP contribution < -0.4 is 14.8 Å². The molecule has 152 valence electrons. The molecule has 0 aliphatic heterocycles. The summed E-state index contributed by atoms with van der Waals surface area (Å²) < 4.78 is 25.8. The van der Waals surface area contributed by atoms with Crippen molar-refractivity contribution in [3.8, 4) is 11.5 Å². The van der Waals surface area contributed by atoms with Gasteiger partial charge in [-0.25, -0.2) is 4.39 Å². The predicted molar refractivity (Wildman–Crippen MR) is 120 cm³/mol. The molecule has 3 rings (SSSR count). The lowest BCUT2D eigenvalue weighted by Gasteiger charge is -2.16. The van der Waals surface area contributed by atoms with E-state index in [1.165, 1.54) is 12.1 Å². The molecule has 3 aromatic carbocycles. The Bertz CT molecular complexity index is 1000. The molecule has 0 aromatic heterocycles. The molecule has 0 spiro atoms. The minimum atomic E-state index is -0.309. The van der Waals surface area contributed by atoms with Gasteiger partial charge in [-0.1, -0.05) is 35.3 Å². The van der Waals surface area contributed by atoms with Gasteiger partial charge in [-0.05, 0) is 76.4 Å². The third kappa shape index (κ3) is 6.01. The van der Waals surface area contributed by atoms with Crippen molar-refractivity contribution >= 4 is 44.8 Å². The highest BCUT2D eigenvalue weighted by Gasteiger charge is 2.13. The Labute approximate surface area is 187 Å². The van der Waals surface area contributed by atoms with Gasteiger partial charge >= 0.3 is 0 Å². The minimum Gasteiger partial charge on any atom is -0.490 e. The largest absolute Gasteiger partial charge is 0.490 e. The second-order valence-corrected chi connectivity index (χ2v) is 7.91. The molecule has 0 bridgehead atoms. The third-order valence-corrected chi connectivity index (χ3v) is 5.57. The molecule has 0 radical (unpaired) electrons. The molecule has 7 heteroatoms. The van der Waals surface area contributed by atoms with Crippen LogP contribution in [0.4, 0.5) is 10.1 Å². The normalized spacial score (nSPS) is 10.7. The smallest absolute Gasteiger partial charge is 0.180 e. The first-order chi connectivity index (χ1) is 14.0. The summed E-state index contributed by atoms with van der Waals surface area (Å²) in [6.45, 7) is 3.07. The summed E-state index contributed by atoms with van der Waals surface area (Å²) in [6.07, 6.45) is 0. The lowest BCUT2D eigenvalue weighted by atomic mass is 10.2. The van der Waals surface area contributed by atoms with Crippen LogP contribution in [0.3, 0.4) is 0 Å². The summed E-state index contributed by atoms with van der Waals surface area (Å²) in [6, 6.07) is 15.6. The zero-order chi connectivity index (χ0) is 20.8. The van der Waals surface area contributed by atoms with Crippen molar-refractivity contribution in [2.24, 2.45) is 0 Å². The van der Waals surface area contributed by atoms with Crippen LogP contribution in [0.1, 0.15) is 18.1 Å². The summed E-state index contributed by atoms with van der Waals surface area (Å²) in [5.41, 5.74) is 2.52. The van der Waals surface area contributed by atoms with Crippen molar-refractivity contribution < 1.29 is 13.9 Å². The first-order valence-electron chi connectivity index (χ1n) is 8.97. The fraction of sp³-hybridized carbons (Fsp3) is 0.182. The first-order valence-corrected chi connectivity index (χ1v) is 10.5. The SMILES string of the molecule is CCOc1cc(CNc2ccc(Br)c(Cl)c2)cc(Cl)c1OCc1cccc(F)c1. The van der Waals surface area contributed by atoms with Crippen LogP contribution in [-0.4, -0.2) is 6.61 Å². The first kappa shape index (κ1) is 21.8. The van der Waals surface area contributed by atoms with E-state index in [0.29, 0.717) is 40.3 Å². The van der Waals surface area contributed by atoms with E-state index in [2.05, 4.69) is 21.2 Å². The Hall–Kier alpha value is -1.95. The number of benzene rings is 3. The van der Waals surface area contributed by atoms with E-state index in [1.807, 2.05) is 37.3 Å². The molecule has 3 nitrogen and oxygen atoms in total. The fourth-order valence-corrected chi connectivity index (χ4v) is 3.43. The van der Waals surface area contributed by atoms with Crippen LogP contribution >= 0.6 is 39.1 Å². The average Bonchev–Trinajstić information content (AvgIpc) is 2.68. The Balaban J connectivity index is 1.75. The molecule has 0 aliphatic carbocycles. The molecule has 0 aliphatic rings. The molecule has 29 heavy (non-hydrogen) atoms. The van der Waals surface area contributed by atoms with Crippen molar-refractivity contribution in [3.05, 3.63) is 86.1 Å². The average molecular weight is 499 g/mol. The van der Waals surface area contributed by atoms with Crippen molar-refractivity contribution in [2.75, 3.05) is 11.9 Å². The fourth-order valence-electron chi connectivity index (χ4n) is 2.72. The van der Waals surface area contributed by atoms with Gasteiger partial charge in [-0.2, -0.15) is 0 Å². The number of anilines is 1. The van der Waals surface area contributed by atoms with Crippen LogP contribution in [0.5, 0.6) is 11.5 Å². The maximum absolute atomic E-state index is 13.4. The summed E-state index contributed by atoms with van der Waals surface area (Å²) >= 11 is 16.0. The minimum absolute atomic E-state index is 0.187. The molecular formula is C22H19BrCl2FNO2. The Morgan fingerprint density at radius 1 is 0.966 bits per heavy atom. The lowest BCUT2D eigenvalue weighted by molar-refractivity contribution is 0.269. The van der Waals surface area contributed by atoms with Gasteiger partial charge in [0, 0.05) is 16.7 Å². The number of ether oxygens (including phenoxy) is 2. The summed E-state index contributed by atoms with van der Waals surface area (Å²) in [4.78, 5) is 0. The van der Waals surface area contributed by atoms with Crippen LogP contribution in [-0.2, 0) is 13.2 Å². The Morgan fingerprint density at radius 2 is 1.79 bits per heavy atom. The van der Waals surface area contributed by atoms with Gasteiger partial charge in [-0.15, -0.1) is 0 Å². The van der Waals surface area contributed by atoms with E-state index in [4.69, 9.17) is 32.7 Å². The second-order valence-electron chi connectivity index (χ2n) is 6.24. The summed E-state index contributed by atoms with van der Waals surface area (Å²) in [7, 11) is 0. The number of halogens is 4. The van der Waals surface area contributed by atoms with E-state index in [9.17, 15) is 4.39 Å². The van der Waals surface area contributed by atoms with Crippen molar-refractivity contribution in [2.45, 2.75) is 20.1 Å². The Kier molecular flexibility index (Phi) is 7.64. The van der Waals surface area contributed by atoms with Gasteiger partial charge in [-0.3, -0.25) is 0 Å². The van der Waals surface area contributed by atoms with Gasteiger partial charge in [0.25, 0.3) is 0 Å². The van der Waals surface area contributed by atoms with E-state index in [0.717, 1.165) is 15.7 Å². The zero-order valence-corrected chi connectivity index (χ0v) is 18.7. The number of nitrogens with one attached hydrogen (secondary N) is 1. The molecule has 0 fully saturated rings. The van der Waals surface area contributed by atoms with Crippen LogP contribution in [0, 0.1) is 5.82 Å². The maximum atomic E-state index is 13.4. The topological polar surface area (TPSA) is 30.5 Å². The summed E-state index contributed by atoms with van der Waals surface area (Å²) in [5.74, 6) is 0.673. The van der Waals surface area contributed by atoms with Gasteiger partial charge in [0.05, 0.1) is 16.7 Å². The third-order valence-electron chi connectivity index (χ3n) is 4.06. The van der Waals surface area contributed by atoms with E-state index < -0.39 is 0 Å². The summed E-state index contributed by atoms with van der Waals surface area (Å²) in [5, 5.41) is 4.36. The molecule has 0 atom stereocenters. The molecule has 1 N–H and O–H groups in total. The van der Waals surface area contributed by atoms with Crippen LogP contribution in [0.2, 0.25) is 10.0 Å². The van der Waals surface area contributed by atoms with Crippen molar-refractivity contribution in [3.63, 3.8) is 0 Å². The zero-order valence-electron chi connectivity index (χ0n) is 15.6. The number of hydrogen-bond donors (Lipinski definition) is 1. The molecule has 0 saturated carbocycles. The quantitative estimate of drug-likeness (QED) is 0.349. The van der Waals surface area contributed by atoms with Gasteiger partial charge in [0.1, 0.15) is 12.4 Å². The van der Waals surface area contributed by atoms with Crippen molar-refractivity contribution in [1.82, 2.24) is 0 Å². The predicted octanol–water partition coefficient (Wildman–Crippen LogP) is 7.48. The lowest BCUT2D eigenvalue weighted by Crippen LogP contribution is -2.04. The molecule has 0 amide bonds. The van der Waals surface area contributed by atoms with Crippen LogP contribution in [0.15, 0.2) is 59.1 Å². The molecule has 3 aromatic rings. The number of rotatable bonds is 8. The highest BCUT2D eigenvalue weighted by atomic mass is 79.9. The molecule has 0 saturated heterocycles. The highest BCUT2D eigenvalue weighted by Crippen LogP contribution is 2.37. The maximum Gasteiger partial charge on any atom is 0.180 e. The van der Waals surface area contributed by atoms with Crippen LogP contribution in [0.25, 0.3) is 0 Å². The van der Waals surface area contributed by atoms with Gasteiger partial charge in [0.2, 0.25) is 0 Å². The highest BCUT2D eigenvalue weighted by molar-refractivity contribution is 9.10. The Morgan fingerprint density at radius 3 is 2.52 bits per heavy atom. The molecular weight excluding hydrogens is 480 g/mol. The standard InChI is InChI=1S/C22H19BrCl2FNO2/c1-2-28-21-10-15(12-27-17-6-7-18(23)19(24)11-17)9-20(25)22(21)29-13-14-4-3-5-16(26)8-14/h3-11,27H,2,12-13H2,1H3. The monoisotopic (exact) mass is 497 g/mol. The molecule has 0 heterocycles.